The van der Waals surface area contributed by atoms with Crippen LogP contribution in [0.15, 0.2) is 48.5 Å². The van der Waals surface area contributed by atoms with E-state index >= 15 is 0 Å². The van der Waals surface area contributed by atoms with Crippen molar-refractivity contribution in [2.75, 3.05) is 6.54 Å². The second kappa shape index (κ2) is 9.54. The maximum Gasteiger partial charge on any atom is 0.410 e. The van der Waals surface area contributed by atoms with Gasteiger partial charge in [-0.1, -0.05) is 43.3 Å². The summed E-state index contributed by atoms with van der Waals surface area (Å²) in [6.45, 7) is 4.30. The van der Waals surface area contributed by atoms with Gasteiger partial charge in [0.2, 0.25) is 5.91 Å². The van der Waals surface area contributed by atoms with Crippen LogP contribution in [0.25, 0.3) is 0 Å². The van der Waals surface area contributed by atoms with Gasteiger partial charge in [-0.05, 0) is 48.6 Å². The fraction of sp³-hybridized carbons (Fsp3) is 0.391. The predicted octanol–water partition coefficient (Wildman–Crippen LogP) is 4.50. The summed E-state index contributed by atoms with van der Waals surface area (Å²) in [6, 6.07) is 13.8. The van der Waals surface area contributed by atoms with E-state index in [9.17, 15) is 14.0 Å². The van der Waals surface area contributed by atoms with Crippen molar-refractivity contribution < 1.29 is 18.7 Å². The molecule has 0 spiro atoms. The Morgan fingerprint density at radius 3 is 2.66 bits per heavy atom. The zero-order chi connectivity index (χ0) is 20.8. The number of nitrogens with zero attached hydrogens (tertiary/aromatic N) is 1. The van der Waals surface area contributed by atoms with Crippen LogP contribution in [-0.2, 0) is 16.1 Å². The van der Waals surface area contributed by atoms with E-state index in [0.717, 1.165) is 16.7 Å². The van der Waals surface area contributed by atoms with Gasteiger partial charge in [-0.25, -0.2) is 9.18 Å². The number of carbonyl (C=O) groups excluding carboxylic acids is 2. The summed E-state index contributed by atoms with van der Waals surface area (Å²) in [7, 11) is 0. The van der Waals surface area contributed by atoms with Gasteiger partial charge >= 0.3 is 6.09 Å². The molecule has 2 atom stereocenters. The average Bonchev–Trinajstić information content (AvgIpc) is 2.72. The minimum atomic E-state index is -0.400. The number of amides is 2. The van der Waals surface area contributed by atoms with Gasteiger partial charge in [0.1, 0.15) is 12.4 Å². The van der Waals surface area contributed by atoms with Gasteiger partial charge < -0.3 is 15.0 Å². The molecule has 1 heterocycles. The van der Waals surface area contributed by atoms with E-state index < -0.39 is 6.09 Å². The Labute approximate surface area is 170 Å². The molecule has 1 fully saturated rings. The summed E-state index contributed by atoms with van der Waals surface area (Å²) in [5.74, 6) is -0.319. The standard InChI is InChI=1S/C23H27FN2O3/c1-3-22(27)25-19-11-12-26(23(28)29-15-17-7-5-4-6-8-17)21(14-19)20-10-9-18(24)13-16(20)2/h4-10,13,19,21H,3,11-12,14-15H2,1-2H3,(H,25,27). The molecule has 2 aromatic rings. The van der Waals surface area contributed by atoms with E-state index in [4.69, 9.17) is 4.74 Å². The van der Waals surface area contributed by atoms with Crippen LogP contribution >= 0.6 is 0 Å². The Balaban J connectivity index is 1.78. The Kier molecular flexibility index (Phi) is 6.86. The molecule has 6 heteroatoms. The van der Waals surface area contributed by atoms with Gasteiger partial charge in [0.25, 0.3) is 0 Å². The van der Waals surface area contributed by atoms with E-state index in [0.29, 0.717) is 25.8 Å². The first-order chi connectivity index (χ1) is 14.0. The lowest BCUT2D eigenvalue weighted by atomic mass is 9.89. The molecule has 0 radical (unpaired) electrons. The molecule has 1 N–H and O–H groups in total. The number of aryl methyl sites for hydroxylation is 1. The molecule has 1 saturated heterocycles. The number of hydrogen-bond donors (Lipinski definition) is 1. The summed E-state index contributed by atoms with van der Waals surface area (Å²) in [4.78, 5) is 26.4. The van der Waals surface area contributed by atoms with E-state index in [1.165, 1.54) is 12.1 Å². The number of rotatable bonds is 5. The molecule has 5 nitrogen and oxygen atoms in total. The molecule has 29 heavy (non-hydrogen) atoms. The topological polar surface area (TPSA) is 58.6 Å². The Morgan fingerprint density at radius 2 is 1.97 bits per heavy atom. The highest BCUT2D eigenvalue weighted by molar-refractivity contribution is 5.76. The third kappa shape index (κ3) is 5.34. The van der Waals surface area contributed by atoms with E-state index in [1.54, 1.807) is 11.0 Å². The number of hydrogen-bond acceptors (Lipinski definition) is 3. The molecule has 2 aromatic carbocycles. The maximum atomic E-state index is 13.6. The molecule has 1 aliphatic heterocycles. The normalized spacial score (nSPS) is 18.9. The van der Waals surface area contributed by atoms with Crippen LogP contribution in [0.1, 0.15) is 48.9 Å². The zero-order valence-corrected chi connectivity index (χ0v) is 16.9. The van der Waals surface area contributed by atoms with Crippen molar-refractivity contribution in [3.63, 3.8) is 0 Å². The highest BCUT2D eigenvalue weighted by Crippen LogP contribution is 2.34. The van der Waals surface area contributed by atoms with Crippen molar-refractivity contribution in [3.05, 3.63) is 71.0 Å². The molecule has 0 saturated carbocycles. The van der Waals surface area contributed by atoms with Crippen LogP contribution in [0.2, 0.25) is 0 Å². The van der Waals surface area contributed by atoms with E-state index in [1.807, 2.05) is 44.2 Å². The van der Waals surface area contributed by atoms with Crippen molar-refractivity contribution >= 4 is 12.0 Å². The Bertz CT molecular complexity index is 856. The van der Waals surface area contributed by atoms with Crippen molar-refractivity contribution in [2.24, 2.45) is 0 Å². The van der Waals surface area contributed by atoms with E-state index in [-0.39, 0.29) is 30.4 Å². The van der Waals surface area contributed by atoms with Gasteiger partial charge in [0, 0.05) is 19.0 Å². The lowest BCUT2D eigenvalue weighted by molar-refractivity contribution is -0.121. The number of likely N-dealkylation sites (tertiary alicyclic amines) is 1. The van der Waals surface area contributed by atoms with E-state index in [2.05, 4.69) is 5.32 Å². The third-order valence-corrected chi connectivity index (χ3v) is 5.32. The highest BCUT2D eigenvalue weighted by Gasteiger charge is 2.35. The summed E-state index contributed by atoms with van der Waals surface area (Å²) in [5.41, 5.74) is 2.57. The molecule has 3 rings (SSSR count). The van der Waals surface area contributed by atoms with Crippen molar-refractivity contribution in [1.82, 2.24) is 10.2 Å². The summed E-state index contributed by atoms with van der Waals surface area (Å²) < 4.78 is 19.2. The number of halogens is 1. The quantitative estimate of drug-likeness (QED) is 0.807. The van der Waals surface area contributed by atoms with Crippen molar-refractivity contribution in [3.8, 4) is 0 Å². The molecule has 2 unspecified atom stereocenters. The third-order valence-electron chi connectivity index (χ3n) is 5.32. The second-order valence-electron chi connectivity index (χ2n) is 7.39. The smallest absolute Gasteiger partial charge is 0.410 e. The predicted molar refractivity (Wildman–Crippen MR) is 109 cm³/mol. The minimum Gasteiger partial charge on any atom is -0.445 e. The van der Waals surface area contributed by atoms with Gasteiger partial charge in [0.15, 0.2) is 0 Å². The molecule has 1 aliphatic rings. The van der Waals surface area contributed by atoms with Crippen molar-refractivity contribution in [1.29, 1.82) is 0 Å². The van der Waals surface area contributed by atoms with Gasteiger partial charge in [-0.15, -0.1) is 0 Å². The summed E-state index contributed by atoms with van der Waals surface area (Å²) >= 11 is 0. The van der Waals surface area contributed by atoms with Crippen LogP contribution in [-0.4, -0.2) is 29.5 Å². The van der Waals surface area contributed by atoms with Crippen LogP contribution < -0.4 is 5.32 Å². The van der Waals surface area contributed by atoms with Gasteiger partial charge in [0.05, 0.1) is 6.04 Å². The molecule has 0 aromatic heterocycles. The molecule has 154 valence electrons. The number of carbonyl (C=O) groups is 2. The van der Waals surface area contributed by atoms with Crippen LogP contribution in [0.4, 0.5) is 9.18 Å². The summed E-state index contributed by atoms with van der Waals surface area (Å²) in [6.07, 6.45) is 1.24. The lowest BCUT2D eigenvalue weighted by Crippen LogP contribution is -2.48. The monoisotopic (exact) mass is 398 g/mol. The van der Waals surface area contributed by atoms with Crippen molar-refractivity contribution in [2.45, 2.75) is 51.8 Å². The van der Waals surface area contributed by atoms with Crippen LogP contribution in [0, 0.1) is 12.7 Å². The summed E-state index contributed by atoms with van der Waals surface area (Å²) in [5, 5.41) is 3.02. The molecule has 2 amide bonds. The molecule has 0 bridgehead atoms. The van der Waals surface area contributed by atoms with Crippen LogP contribution in [0.5, 0.6) is 0 Å². The maximum absolute atomic E-state index is 13.6. The Morgan fingerprint density at radius 1 is 1.21 bits per heavy atom. The lowest BCUT2D eigenvalue weighted by Gasteiger charge is -2.39. The molecule has 0 aliphatic carbocycles. The number of nitrogens with one attached hydrogen (secondary N) is 1. The second-order valence-corrected chi connectivity index (χ2v) is 7.39. The highest BCUT2D eigenvalue weighted by atomic mass is 19.1. The van der Waals surface area contributed by atoms with Gasteiger partial charge in [-0.2, -0.15) is 0 Å². The molecular weight excluding hydrogens is 371 g/mol. The first-order valence-corrected chi connectivity index (χ1v) is 10.0. The average molecular weight is 398 g/mol. The molecular formula is C23H27FN2O3. The SMILES string of the molecule is CCC(=O)NC1CCN(C(=O)OCc2ccccc2)C(c2ccc(F)cc2C)C1. The van der Waals surface area contributed by atoms with Gasteiger partial charge in [-0.3, -0.25) is 4.79 Å². The minimum absolute atomic E-state index is 0.00955. The number of piperidine rings is 1. The fourth-order valence-electron chi connectivity index (χ4n) is 3.75. The number of benzene rings is 2. The van der Waals surface area contributed by atoms with Crippen LogP contribution in [0.3, 0.4) is 0 Å². The first-order valence-electron chi connectivity index (χ1n) is 10.0. The largest absolute Gasteiger partial charge is 0.445 e. The first kappa shape index (κ1) is 20.8. The Hall–Kier alpha value is -2.89. The zero-order valence-electron chi connectivity index (χ0n) is 16.9. The number of ether oxygens (including phenoxy) is 1. The fourth-order valence-corrected chi connectivity index (χ4v) is 3.75.